The summed E-state index contributed by atoms with van der Waals surface area (Å²) in [4.78, 5) is 0.253. The molecule has 6 heteroatoms. The molecule has 0 amide bonds. The van der Waals surface area contributed by atoms with Crippen LogP contribution >= 0.6 is 0 Å². The molecule has 0 aliphatic carbocycles. The van der Waals surface area contributed by atoms with Crippen LogP contribution in [0.3, 0.4) is 0 Å². The van der Waals surface area contributed by atoms with E-state index in [1.165, 1.54) is 6.07 Å². The van der Waals surface area contributed by atoms with Crippen LogP contribution in [-0.4, -0.2) is 33.8 Å². The smallest absolute Gasteiger partial charge is 0.240 e. The summed E-state index contributed by atoms with van der Waals surface area (Å²) in [5.41, 5.74) is 2.19. The molecule has 0 radical (unpaired) electrons. The monoisotopic (exact) mass is 315 g/mol. The lowest BCUT2D eigenvalue weighted by Crippen LogP contribution is -2.26. The van der Waals surface area contributed by atoms with E-state index < -0.39 is 10.0 Å². The summed E-state index contributed by atoms with van der Waals surface area (Å²) in [5.74, 6) is 0. The van der Waals surface area contributed by atoms with Crippen molar-refractivity contribution in [2.45, 2.75) is 44.6 Å². The van der Waals surface area contributed by atoms with Crippen molar-refractivity contribution in [3.05, 3.63) is 28.8 Å². The molecule has 0 saturated heterocycles. The lowest BCUT2D eigenvalue weighted by Gasteiger charge is -2.13. The largest absolute Gasteiger partial charge is 0.392 e. The van der Waals surface area contributed by atoms with Crippen LogP contribution in [0.4, 0.5) is 0 Å². The minimum absolute atomic E-state index is 0.166. The Kier molecular flexibility index (Phi) is 7.31. The highest BCUT2D eigenvalue weighted by molar-refractivity contribution is 7.89. The SMILES string of the molecule is COCCCCCNS(=O)(=O)c1cc(CO)cc(C)c1C. The number of hydrogen-bond donors (Lipinski definition) is 2. The van der Waals surface area contributed by atoms with E-state index in [0.29, 0.717) is 18.7 Å². The predicted octanol–water partition coefficient (Wildman–Crippen LogP) is 1.89. The topological polar surface area (TPSA) is 75.6 Å². The Balaban J connectivity index is 2.72. The molecule has 0 aliphatic rings. The maximum Gasteiger partial charge on any atom is 0.240 e. The molecule has 21 heavy (non-hydrogen) atoms. The summed E-state index contributed by atoms with van der Waals surface area (Å²) >= 11 is 0. The van der Waals surface area contributed by atoms with Crippen molar-refractivity contribution in [2.24, 2.45) is 0 Å². The molecule has 0 atom stereocenters. The van der Waals surface area contributed by atoms with Crippen LogP contribution in [0.15, 0.2) is 17.0 Å². The van der Waals surface area contributed by atoms with Gasteiger partial charge in [-0.3, -0.25) is 0 Å². The van der Waals surface area contributed by atoms with Gasteiger partial charge in [0.15, 0.2) is 0 Å². The molecule has 5 nitrogen and oxygen atoms in total. The third-order valence-electron chi connectivity index (χ3n) is 3.47. The van der Waals surface area contributed by atoms with E-state index in [1.54, 1.807) is 20.1 Å². The Morgan fingerprint density at radius 1 is 1.19 bits per heavy atom. The Morgan fingerprint density at radius 2 is 1.90 bits per heavy atom. The van der Waals surface area contributed by atoms with Crippen molar-refractivity contribution in [3.8, 4) is 0 Å². The van der Waals surface area contributed by atoms with Crippen molar-refractivity contribution in [2.75, 3.05) is 20.3 Å². The number of aryl methyl sites for hydroxylation is 1. The number of rotatable bonds is 9. The molecule has 0 unspecified atom stereocenters. The third kappa shape index (κ3) is 5.39. The molecule has 0 aliphatic heterocycles. The Bertz CT molecular complexity index is 555. The first-order valence-electron chi connectivity index (χ1n) is 7.12. The minimum Gasteiger partial charge on any atom is -0.392 e. The van der Waals surface area contributed by atoms with Crippen LogP contribution in [0.25, 0.3) is 0 Å². The maximum absolute atomic E-state index is 12.3. The fraction of sp³-hybridized carbons (Fsp3) is 0.600. The van der Waals surface area contributed by atoms with Gasteiger partial charge >= 0.3 is 0 Å². The van der Waals surface area contributed by atoms with Crippen LogP contribution in [0.1, 0.15) is 36.0 Å². The molecule has 0 fully saturated rings. The first-order valence-corrected chi connectivity index (χ1v) is 8.60. The average Bonchev–Trinajstić information content (AvgIpc) is 2.45. The molecule has 0 spiro atoms. The molecule has 1 aromatic rings. The normalized spacial score (nSPS) is 11.8. The van der Waals surface area contributed by atoms with Crippen molar-refractivity contribution < 1.29 is 18.3 Å². The van der Waals surface area contributed by atoms with Crippen LogP contribution in [-0.2, 0) is 21.4 Å². The van der Waals surface area contributed by atoms with Gasteiger partial charge in [-0.1, -0.05) is 6.07 Å². The van der Waals surface area contributed by atoms with Gasteiger partial charge in [-0.25, -0.2) is 13.1 Å². The van der Waals surface area contributed by atoms with E-state index in [4.69, 9.17) is 4.74 Å². The van der Waals surface area contributed by atoms with Crippen LogP contribution in [0.5, 0.6) is 0 Å². The fourth-order valence-corrected chi connectivity index (χ4v) is 3.54. The molecule has 2 N–H and O–H groups in total. The fourth-order valence-electron chi connectivity index (χ4n) is 2.10. The molecule has 0 aromatic heterocycles. The number of hydrogen-bond acceptors (Lipinski definition) is 4. The summed E-state index contributed by atoms with van der Waals surface area (Å²) in [6.07, 6.45) is 2.63. The third-order valence-corrected chi connectivity index (χ3v) is 5.06. The molecule has 0 heterocycles. The second kappa shape index (κ2) is 8.48. The summed E-state index contributed by atoms with van der Waals surface area (Å²) in [6, 6.07) is 3.34. The second-order valence-electron chi connectivity index (χ2n) is 5.15. The molecular formula is C15H25NO4S. The van der Waals surface area contributed by atoms with Gasteiger partial charge in [-0.15, -0.1) is 0 Å². The second-order valence-corrected chi connectivity index (χ2v) is 6.88. The van der Waals surface area contributed by atoms with Crippen molar-refractivity contribution in [1.82, 2.24) is 4.72 Å². The van der Waals surface area contributed by atoms with Gasteiger partial charge in [0.1, 0.15) is 0 Å². The van der Waals surface area contributed by atoms with Gasteiger partial charge in [0.25, 0.3) is 0 Å². The van der Waals surface area contributed by atoms with Gasteiger partial charge in [0.2, 0.25) is 10.0 Å². The standard InChI is InChI=1S/C15H25NO4S/c1-12-9-14(11-17)10-15(13(12)2)21(18,19)16-7-5-4-6-8-20-3/h9-10,16-17H,4-8,11H2,1-3H3. The van der Waals surface area contributed by atoms with Gasteiger partial charge in [0.05, 0.1) is 11.5 Å². The number of methoxy groups -OCH3 is 1. The van der Waals surface area contributed by atoms with Gasteiger partial charge < -0.3 is 9.84 Å². The number of nitrogens with one attached hydrogen (secondary N) is 1. The number of ether oxygens (including phenoxy) is 1. The Labute approximate surface area is 127 Å². The summed E-state index contributed by atoms with van der Waals surface area (Å²) < 4.78 is 32.3. The van der Waals surface area contributed by atoms with Gasteiger partial charge in [-0.2, -0.15) is 0 Å². The Hall–Kier alpha value is -0.950. The number of aliphatic hydroxyl groups is 1. The summed E-state index contributed by atoms with van der Waals surface area (Å²) in [6.45, 7) is 4.57. The minimum atomic E-state index is -3.53. The lowest BCUT2D eigenvalue weighted by atomic mass is 10.1. The van der Waals surface area contributed by atoms with E-state index in [9.17, 15) is 13.5 Å². The van der Waals surface area contributed by atoms with Crippen LogP contribution in [0.2, 0.25) is 0 Å². The van der Waals surface area contributed by atoms with Crippen molar-refractivity contribution >= 4 is 10.0 Å². The van der Waals surface area contributed by atoms with Crippen molar-refractivity contribution in [1.29, 1.82) is 0 Å². The quantitative estimate of drug-likeness (QED) is 0.682. The zero-order chi connectivity index (χ0) is 15.9. The first kappa shape index (κ1) is 18.1. The zero-order valence-electron chi connectivity index (χ0n) is 13.0. The van der Waals surface area contributed by atoms with E-state index in [2.05, 4.69) is 4.72 Å². The maximum atomic E-state index is 12.3. The lowest BCUT2D eigenvalue weighted by molar-refractivity contribution is 0.192. The van der Waals surface area contributed by atoms with E-state index in [1.807, 2.05) is 6.92 Å². The van der Waals surface area contributed by atoms with Crippen molar-refractivity contribution in [3.63, 3.8) is 0 Å². The summed E-state index contributed by atoms with van der Waals surface area (Å²) in [5, 5.41) is 9.21. The Morgan fingerprint density at radius 3 is 2.52 bits per heavy atom. The molecule has 0 bridgehead atoms. The summed E-state index contributed by atoms with van der Waals surface area (Å²) in [7, 11) is -1.88. The predicted molar refractivity (Wildman–Crippen MR) is 82.8 cm³/mol. The number of unbranched alkanes of at least 4 members (excludes halogenated alkanes) is 2. The highest BCUT2D eigenvalue weighted by Gasteiger charge is 2.18. The highest BCUT2D eigenvalue weighted by Crippen LogP contribution is 2.21. The molecule has 120 valence electrons. The van der Waals surface area contributed by atoms with Gasteiger partial charge in [0, 0.05) is 20.3 Å². The average molecular weight is 315 g/mol. The number of aliphatic hydroxyl groups excluding tert-OH is 1. The van der Waals surface area contributed by atoms with E-state index in [-0.39, 0.29) is 11.5 Å². The number of sulfonamides is 1. The first-order chi connectivity index (χ1) is 9.92. The molecular weight excluding hydrogens is 290 g/mol. The van der Waals surface area contributed by atoms with E-state index in [0.717, 1.165) is 30.4 Å². The highest BCUT2D eigenvalue weighted by atomic mass is 32.2. The van der Waals surface area contributed by atoms with E-state index >= 15 is 0 Å². The zero-order valence-corrected chi connectivity index (χ0v) is 13.8. The molecule has 0 saturated carbocycles. The van der Waals surface area contributed by atoms with Gasteiger partial charge in [-0.05, 0) is 55.9 Å². The van der Waals surface area contributed by atoms with Crippen LogP contribution < -0.4 is 4.72 Å². The van der Waals surface area contributed by atoms with Crippen LogP contribution in [0, 0.1) is 13.8 Å². The number of benzene rings is 1. The molecule has 1 aromatic carbocycles. The molecule has 1 rings (SSSR count).